The maximum absolute atomic E-state index is 13.5. The van der Waals surface area contributed by atoms with E-state index in [-0.39, 0.29) is 18.0 Å². The van der Waals surface area contributed by atoms with E-state index in [2.05, 4.69) is 22.4 Å². The molecule has 146 valence electrons. The number of rotatable bonds is 6. The molecule has 0 saturated carbocycles. The highest BCUT2D eigenvalue weighted by Crippen LogP contribution is 2.20. The van der Waals surface area contributed by atoms with Crippen LogP contribution in [0.15, 0.2) is 24.3 Å². The molecular formula is C19H29FN6O+2. The Labute approximate surface area is 159 Å². The Hall–Kier alpha value is -1.90. The fourth-order valence-corrected chi connectivity index (χ4v) is 4.32. The van der Waals surface area contributed by atoms with Gasteiger partial charge in [-0.15, -0.1) is 5.10 Å². The lowest BCUT2D eigenvalue weighted by Crippen LogP contribution is -3.28. The summed E-state index contributed by atoms with van der Waals surface area (Å²) in [4.78, 5) is 3.08. The second kappa shape index (κ2) is 8.41. The third-order valence-corrected chi connectivity index (χ3v) is 5.93. The summed E-state index contributed by atoms with van der Waals surface area (Å²) in [6.45, 7) is 9.27. The second-order valence-corrected chi connectivity index (χ2v) is 7.60. The highest BCUT2D eigenvalue weighted by atomic mass is 19.1. The lowest BCUT2D eigenvalue weighted by molar-refractivity contribution is -1.02. The standard InChI is InChI=1S/C19H27FN6O/c1-2-24-9-11-25(12-10-24)18(15-5-7-16(20)8-6-15)19-21-22-23-26(19)14-17-4-3-13-27-17/h5-8,17-18H,2-4,9-14H2,1H3/p+2/t17-,18+/m1/s1. The van der Waals surface area contributed by atoms with Crippen LogP contribution in [0.1, 0.15) is 37.2 Å². The van der Waals surface area contributed by atoms with E-state index in [1.54, 1.807) is 4.90 Å². The summed E-state index contributed by atoms with van der Waals surface area (Å²) in [7, 11) is 0. The number of hydrogen-bond acceptors (Lipinski definition) is 4. The first-order valence-corrected chi connectivity index (χ1v) is 10.1. The van der Waals surface area contributed by atoms with E-state index in [4.69, 9.17) is 4.74 Å². The van der Waals surface area contributed by atoms with Gasteiger partial charge in [-0.1, -0.05) is 0 Å². The molecule has 2 atom stereocenters. The van der Waals surface area contributed by atoms with Gasteiger partial charge in [0, 0.05) is 12.2 Å². The summed E-state index contributed by atoms with van der Waals surface area (Å²) in [5, 5.41) is 12.6. The molecule has 2 aliphatic heterocycles. The van der Waals surface area contributed by atoms with Gasteiger partial charge in [0.25, 0.3) is 0 Å². The molecule has 7 nitrogen and oxygen atoms in total. The molecule has 8 heteroatoms. The Morgan fingerprint density at radius 1 is 1.22 bits per heavy atom. The number of nitrogens with zero attached hydrogens (tertiary/aromatic N) is 4. The normalized spacial score (nSPS) is 27.0. The van der Waals surface area contributed by atoms with Crippen molar-refractivity contribution in [2.75, 3.05) is 39.3 Å². The molecule has 2 aliphatic rings. The van der Waals surface area contributed by atoms with Crippen LogP contribution in [-0.4, -0.2) is 65.6 Å². The zero-order valence-corrected chi connectivity index (χ0v) is 15.9. The molecule has 1 aromatic heterocycles. The van der Waals surface area contributed by atoms with Crippen LogP contribution >= 0.6 is 0 Å². The van der Waals surface area contributed by atoms with Gasteiger partial charge >= 0.3 is 0 Å². The molecule has 4 rings (SSSR count). The minimum atomic E-state index is -0.216. The molecule has 2 fully saturated rings. The molecule has 0 radical (unpaired) electrons. The average Bonchev–Trinajstić information content (AvgIpc) is 3.37. The Bertz CT molecular complexity index is 722. The molecule has 2 N–H and O–H groups in total. The van der Waals surface area contributed by atoms with E-state index in [0.29, 0.717) is 6.54 Å². The second-order valence-electron chi connectivity index (χ2n) is 7.60. The fraction of sp³-hybridized carbons (Fsp3) is 0.632. The molecule has 0 aliphatic carbocycles. The lowest BCUT2D eigenvalue weighted by atomic mass is 10.0. The Kier molecular flexibility index (Phi) is 5.75. The molecule has 0 spiro atoms. The van der Waals surface area contributed by atoms with Crippen molar-refractivity contribution in [2.24, 2.45) is 0 Å². The van der Waals surface area contributed by atoms with Crippen LogP contribution < -0.4 is 9.80 Å². The van der Waals surface area contributed by atoms with Crippen molar-refractivity contribution in [3.05, 3.63) is 41.5 Å². The molecule has 0 bridgehead atoms. The first-order valence-electron chi connectivity index (χ1n) is 10.1. The molecule has 2 saturated heterocycles. The van der Waals surface area contributed by atoms with Gasteiger partial charge in [0.05, 0.1) is 19.2 Å². The van der Waals surface area contributed by atoms with Crippen LogP contribution in [0.5, 0.6) is 0 Å². The highest BCUT2D eigenvalue weighted by Gasteiger charge is 2.35. The van der Waals surface area contributed by atoms with Gasteiger partial charge in [0.2, 0.25) is 5.82 Å². The number of benzene rings is 1. The van der Waals surface area contributed by atoms with Gasteiger partial charge in [-0.3, -0.25) is 0 Å². The molecule has 3 heterocycles. The van der Waals surface area contributed by atoms with Crippen molar-refractivity contribution in [1.29, 1.82) is 0 Å². The van der Waals surface area contributed by atoms with E-state index in [9.17, 15) is 4.39 Å². The third kappa shape index (κ3) is 4.17. The van der Waals surface area contributed by atoms with Gasteiger partial charge in [-0.05, 0) is 54.5 Å². The first kappa shape index (κ1) is 18.5. The maximum Gasteiger partial charge on any atom is 0.214 e. The van der Waals surface area contributed by atoms with E-state index < -0.39 is 0 Å². The van der Waals surface area contributed by atoms with E-state index in [1.165, 1.54) is 17.0 Å². The number of quaternary nitrogens is 2. The summed E-state index contributed by atoms with van der Waals surface area (Å²) in [6.07, 6.45) is 2.32. The SMILES string of the molecule is CC[NH+]1CC[NH+]([C@@H](c2ccc(F)cc2)c2nnnn2C[C@H]2CCCO2)CC1. The average molecular weight is 376 g/mol. The summed E-state index contributed by atoms with van der Waals surface area (Å²) in [5.41, 5.74) is 1.06. The lowest BCUT2D eigenvalue weighted by Gasteiger charge is -2.34. The highest BCUT2D eigenvalue weighted by molar-refractivity contribution is 5.23. The van der Waals surface area contributed by atoms with Crippen LogP contribution in [0.2, 0.25) is 0 Å². The summed E-state index contributed by atoms with van der Waals surface area (Å²) >= 11 is 0. The van der Waals surface area contributed by atoms with Gasteiger partial charge < -0.3 is 14.5 Å². The number of ether oxygens (including phenoxy) is 1. The van der Waals surface area contributed by atoms with Crippen molar-refractivity contribution >= 4 is 0 Å². The molecule has 0 amide bonds. The van der Waals surface area contributed by atoms with Crippen LogP contribution in [0.25, 0.3) is 0 Å². The van der Waals surface area contributed by atoms with Gasteiger partial charge in [-0.2, -0.15) is 0 Å². The zero-order chi connectivity index (χ0) is 18.6. The monoisotopic (exact) mass is 376 g/mol. The topological polar surface area (TPSA) is 61.7 Å². The smallest absolute Gasteiger partial charge is 0.214 e. The molecule has 27 heavy (non-hydrogen) atoms. The number of likely N-dealkylation sites (N-methyl/N-ethyl adjacent to an activating group) is 1. The van der Waals surface area contributed by atoms with Crippen molar-refractivity contribution in [3.63, 3.8) is 0 Å². The number of nitrogens with one attached hydrogen (secondary N) is 2. The predicted molar refractivity (Wildman–Crippen MR) is 97.0 cm³/mol. The zero-order valence-electron chi connectivity index (χ0n) is 15.9. The molecule has 1 aromatic carbocycles. The summed E-state index contributed by atoms with van der Waals surface area (Å²) in [6, 6.07) is 6.82. The van der Waals surface area contributed by atoms with E-state index in [0.717, 1.165) is 63.6 Å². The van der Waals surface area contributed by atoms with Crippen LogP contribution in [-0.2, 0) is 11.3 Å². The van der Waals surface area contributed by atoms with Crippen molar-refractivity contribution < 1.29 is 18.9 Å². The maximum atomic E-state index is 13.5. The van der Waals surface area contributed by atoms with Gasteiger partial charge in [-0.25, -0.2) is 9.07 Å². The number of hydrogen-bond donors (Lipinski definition) is 2. The van der Waals surface area contributed by atoms with Crippen molar-refractivity contribution in [1.82, 2.24) is 20.2 Å². The van der Waals surface area contributed by atoms with E-state index >= 15 is 0 Å². The Balaban J connectivity index is 1.62. The van der Waals surface area contributed by atoms with Gasteiger partial charge in [0.15, 0.2) is 6.04 Å². The fourth-order valence-electron chi connectivity index (χ4n) is 4.32. The molecule has 0 unspecified atom stereocenters. The van der Waals surface area contributed by atoms with Crippen LogP contribution in [0.4, 0.5) is 4.39 Å². The molecule has 2 aromatic rings. The van der Waals surface area contributed by atoms with E-state index in [1.807, 2.05) is 16.8 Å². The van der Waals surface area contributed by atoms with Crippen LogP contribution in [0.3, 0.4) is 0 Å². The summed E-state index contributed by atoms with van der Waals surface area (Å²) < 4.78 is 21.2. The van der Waals surface area contributed by atoms with Crippen molar-refractivity contribution in [3.8, 4) is 0 Å². The largest absolute Gasteiger partial charge is 0.376 e. The third-order valence-electron chi connectivity index (χ3n) is 5.93. The summed E-state index contributed by atoms with van der Waals surface area (Å²) in [5.74, 6) is 0.638. The minimum Gasteiger partial charge on any atom is -0.376 e. The first-order chi connectivity index (χ1) is 13.2. The number of tetrazole rings is 1. The van der Waals surface area contributed by atoms with Crippen molar-refractivity contribution in [2.45, 2.75) is 38.5 Å². The molecular weight excluding hydrogens is 347 g/mol. The quantitative estimate of drug-likeness (QED) is 0.671. The minimum absolute atomic E-state index is 0.0143. The predicted octanol–water partition coefficient (Wildman–Crippen LogP) is -1.12. The number of halogens is 1. The Morgan fingerprint density at radius 2 is 2.00 bits per heavy atom. The number of piperazine rings is 1. The number of aromatic nitrogens is 4. The van der Waals surface area contributed by atoms with Gasteiger partial charge in [0.1, 0.15) is 32.0 Å². The van der Waals surface area contributed by atoms with Crippen LogP contribution in [0, 0.1) is 5.82 Å². The Morgan fingerprint density at radius 3 is 2.67 bits per heavy atom.